The van der Waals surface area contributed by atoms with Crippen LogP contribution in [0, 0.1) is 12.7 Å². The number of amides is 1. The lowest BCUT2D eigenvalue weighted by atomic mass is 10.2. The standard InChI is InChI=1S/C14H21FN2O2/c1-9(2)17-12(14(16)18)6-7-19-13-8-10(3)4-5-11(13)15/h4-5,8-9,12,17H,6-7H2,1-3H3,(H2,16,18). The Morgan fingerprint density at radius 1 is 1.47 bits per heavy atom. The third-order valence-electron chi connectivity index (χ3n) is 2.63. The second-order valence-corrected chi connectivity index (χ2v) is 4.85. The Balaban J connectivity index is 2.52. The fraction of sp³-hybridized carbons (Fsp3) is 0.500. The zero-order valence-electron chi connectivity index (χ0n) is 11.6. The van der Waals surface area contributed by atoms with Crippen LogP contribution in [0.4, 0.5) is 4.39 Å². The molecular formula is C14H21FN2O2. The highest BCUT2D eigenvalue weighted by Crippen LogP contribution is 2.18. The van der Waals surface area contributed by atoms with Crippen molar-refractivity contribution in [2.45, 2.75) is 39.3 Å². The molecule has 0 radical (unpaired) electrons. The minimum Gasteiger partial charge on any atom is -0.490 e. The zero-order valence-corrected chi connectivity index (χ0v) is 11.6. The fourth-order valence-electron chi connectivity index (χ4n) is 1.72. The molecule has 1 atom stereocenters. The van der Waals surface area contributed by atoms with E-state index in [-0.39, 0.29) is 18.4 Å². The number of rotatable bonds is 7. The summed E-state index contributed by atoms with van der Waals surface area (Å²) in [6.45, 7) is 5.95. The van der Waals surface area contributed by atoms with Crippen LogP contribution in [0.1, 0.15) is 25.8 Å². The van der Waals surface area contributed by atoms with E-state index in [4.69, 9.17) is 10.5 Å². The molecule has 1 aromatic carbocycles. The highest BCUT2D eigenvalue weighted by Gasteiger charge is 2.16. The normalized spacial score (nSPS) is 12.5. The van der Waals surface area contributed by atoms with Gasteiger partial charge in [-0.2, -0.15) is 0 Å². The molecule has 0 aromatic heterocycles. The van der Waals surface area contributed by atoms with Crippen LogP contribution >= 0.6 is 0 Å². The van der Waals surface area contributed by atoms with E-state index in [0.29, 0.717) is 6.42 Å². The number of carbonyl (C=O) groups excluding carboxylic acids is 1. The van der Waals surface area contributed by atoms with E-state index in [1.165, 1.54) is 6.07 Å². The number of hydrogen-bond donors (Lipinski definition) is 2. The van der Waals surface area contributed by atoms with Crippen LogP contribution < -0.4 is 15.8 Å². The van der Waals surface area contributed by atoms with E-state index < -0.39 is 17.8 Å². The summed E-state index contributed by atoms with van der Waals surface area (Å²) in [5, 5.41) is 3.04. The number of benzene rings is 1. The molecule has 1 aromatic rings. The number of hydrogen-bond acceptors (Lipinski definition) is 3. The second kappa shape index (κ2) is 7.09. The Hall–Kier alpha value is -1.62. The van der Waals surface area contributed by atoms with E-state index in [0.717, 1.165) is 5.56 Å². The summed E-state index contributed by atoms with van der Waals surface area (Å²) in [7, 11) is 0. The Bertz CT molecular complexity index is 435. The third kappa shape index (κ3) is 5.26. The Labute approximate surface area is 113 Å². The van der Waals surface area contributed by atoms with Gasteiger partial charge in [0.05, 0.1) is 12.6 Å². The maximum Gasteiger partial charge on any atom is 0.234 e. The number of carbonyl (C=O) groups is 1. The van der Waals surface area contributed by atoms with Gasteiger partial charge >= 0.3 is 0 Å². The van der Waals surface area contributed by atoms with Crippen LogP contribution in [-0.4, -0.2) is 24.6 Å². The minimum atomic E-state index is -0.465. The molecule has 0 saturated carbocycles. The molecule has 1 unspecified atom stereocenters. The van der Waals surface area contributed by atoms with Gasteiger partial charge in [-0.1, -0.05) is 19.9 Å². The van der Waals surface area contributed by atoms with E-state index in [2.05, 4.69) is 5.32 Å². The summed E-state index contributed by atoms with van der Waals surface area (Å²) in [5.74, 6) is -0.632. The van der Waals surface area contributed by atoms with Gasteiger partial charge in [-0.3, -0.25) is 4.79 Å². The summed E-state index contributed by atoms with van der Waals surface area (Å²) in [4.78, 5) is 11.2. The van der Waals surface area contributed by atoms with Gasteiger partial charge in [0.2, 0.25) is 5.91 Å². The molecule has 3 N–H and O–H groups in total. The summed E-state index contributed by atoms with van der Waals surface area (Å²) >= 11 is 0. The molecule has 0 spiro atoms. The third-order valence-corrected chi connectivity index (χ3v) is 2.63. The molecule has 0 aliphatic rings. The molecule has 1 amide bonds. The predicted molar refractivity (Wildman–Crippen MR) is 72.5 cm³/mol. The van der Waals surface area contributed by atoms with Gasteiger partial charge in [-0.15, -0.1) is 0 Å². The van der Waals surface area contributed by atoms with Crippen LogP contribution in [-0.2, 0) is 4.79 Å². The van der Waals surface area contributed by atoms with Crippen molar-refractivity contribution in [3.05, 3.63) is 29.6 Å². The molecule has 4 nitrogen and oxygen atoms in total. The summed E-state index contributed by atoms with van der Waals surface area (Å²) in [5.41, 5.74) is 6.21. The Kier molecular flexibility index (Phi) is 5.76. The summed E-state index contributed by atoms with van der Waals surface area (Å²) in [6, 6.07) is 4.35. The SMILES string of the molecule is Cc1ccc(F)c(OCCC(NC(C)C)C(N)=O)c1. The van der Waals surface area contributed by atoms with Crippen molar-refractivity contribution in [2.24, 2.45) is 5.73 Å². The van der Waals surface area contributed by atoms with Crippen LogP contribution in [0.5, 0.6) is 5.75 Å². The van der Waals surface area contributed by atoms with Gasteiger partial charge in [-0.25, -0.2) is 4.39 Å². The summed E-state index contributed by atoms with van der Waals surface area (Å²) in [6.07, 6.45) is 0.404. The van der Waals surface area contributed by atoms with Crippen molar-refractivity contribution in [3.63, 3.8) is 0 Å². The van der Waals surface area contributed by atoms with Crippen molar-refractivity contribution < 1.29 is 13.9 Å². The Morgan fingerprint density at radius 2 is 2.16 bits per heavy atom. The van der Waals surface area contributed by atoms with Gasteiger partial charge in [0.15, 0.2) is 11.6 Å². The first-order valence-electron chi connectivity index (χ1n) is 6.34. The lowest BCUT2D eigenvalue weighted by molar-refractivity contribution is -0.120. The van der Waals surface area contributed by atoms with Crippen molar-refractivity contribution in [1.29, 1.82) is 0 Å². The number of primary amides is 1. The maximum absolute atomic E-state index is 13.4. The molecule has 0 aliphatic heterocycles. The molecule has 0 heterocycles. The monoisotopic (exact) mass is 268 g/mol. The highest BCUT2D eigenvalue weighted by atomic mass is 19.1. The van der Waals surface area contributed by atoms with Crippen molar-refractivity contribution in [2.75, 3.05) is 6.61 Å². The molecule has 1 rings (SSSR count). The van der Waals surface area contributed by atoms with Crippen molar-refractivity contribution >= 4 is 5.91 Å². The number of nitrogens with two attached hydrogens (primary N) is 1. The van der Waals surface area contributed by atoms with Gasteiger partial charge in [0.25, 0.3) is 0 Å². The van der Waals surface area contributed by atoms with Crippen molar-refractivity contribution in [1.82, 2.24) is 5.32 Å². The first-order chi connectivity index (χ1) is 8.90. The van der Waals surface area contributed by atoms with Crippen LogP contribution in [0.2, 0.25) is 0 Å². The zero-order chi connectivity index (χ0) is 14.4. The molecule has 0 bridgehead atoms. The average Bonchev–Trinajstić information content (AvgIpc) is 2.31. The minimum absolute atomic E-state index is 0.146. The van der Waals surface area contributed by atoms with Gasteiger partial charge in [-0.05, 0) is 24.6 Å². The van der Waals surface area contributed by atoms with E-state index in [9.17, 15) is 9.18 Å². The van der Waals surface area contributed by atoms with E-state index >= 15 is 0 Å². The smallest absolute Gasteiger partial charge is 0.234 e. The molecule has 5 heteroatoms. The van der Waals surface area contributed by atoms with Crippen molar-refractivity contribution in [3.8, 4) is 5.75 Å². The maximum atomic E-state index is 13.4. The first-order valence-corrected chi connectivity index (χ1v) is 6.34. The van der Waals surface area contributed by atoms with Crippen LogP contribution in [0.25, 0.3) is 0 Å². The average molecular weight is 268 g/mol. The second-order valence-electron chi connectivity index (χ2n) is 4.85. The molecule has 19 heavy (non-hydrogen) atoms. The van der Waals surface area contributed by atoms with Crippen LogP contribution in [0.3, 0.4) is 0 Å². The predicted octanol–water partition coefficient (Wildman–Crippen LogP) is 1.75. The van der Waals surface area contributed by atoms with Crippen LogP contribution in [0.15, 0.2) is 18.2 Å². The fourth-order valence-corrected chi connectivity index (χ4v) is 1.72. The first kappa shape index (κ1) is 15.4. The number of ether oxygens (including phenoxy) is 1. The quantitative estimate of drug-likeness (QED) is 0.792. The van der Waals surface area contributed by atoms with E-state index in [1.807, 2.05) is 20.8 Å². The Morgan fingerprint density at radius 3 is 2.74 bits per heavy atom. The lowest BCUT2D eigenvalue weighted by Crippen LogP contribution is -2.45. The largest absolute Gasteiger partial charge is 0.490 e. The molecule has 0 aliphatic carbocycles. The van der Waals surface area contributed by atoms with Gasteiger partial charge in [0, 0.05) is 12.5 Å². The number of halogens is 1. The summed E-state index contributed by atoms with van der Waals surface area (Å²) < 4.78 is 18.8. The number of nitrogens with one attached hydrogen (secondary N) is 1. The highest BCUT2D eigenvalue weighted by molar-refractivity contribution is 5.79. The van der Waals surface area contributed by atoms with E-state index in [1.54, 1.807) is 12.1 Å². The molecule has 0 fully saturated rings. The molecule has 0 saturated heterocycles. The molecule has 106 valence electrons. The lowest BCUT2D eigenvalue weighted by Gasteiger charge is -2.18. The topological polar surface area (TPSA) is 64.3 Å². The molecular weight excluding hydrogens is 247 g/mol. The van der Waals surface area contributed by atoms with Gasteiger partial charge in [0.1, 0.15) is 0 Å². The van der Waals surface area contributed by atoms with Gasteiger partial charge < -0.3 is 15.8 Å². The number of aryl methyl sites for hydroxylation is 1.